The van der Waals surface area contributed by atoms with E-state index in [4.69, 9.17) is 5.11 Å². The summed E-state index contributed by atoms with van der Waals surface area (Å²) in [4.78, 5) is 34.8. The van der Waals surface area contributed by atoms with Crippen molar-refractivity contribution in [3.05, 3.63) is 65.2 Å². The monoisotopic (exact) mass is 380 g/mol. The molecular formula is C22H24N2O4. The summed E-state index contributed by atoms with van der Waals surface area (Å²) in [6, 6.07) is 13.9. The number of nitrogens with one attached hydrogen (secondary N) is 2. The smallest absolute Gasteiger partial charge is 0.335 e. The van der Waals surface area contributed by atoms with Crippen LogP contribution in [-0.2, 0) is 16.0 Å². The molecule has 1 fully saturated rings. The van der Waals surface area contributed by atoms with Crippen molar-refractivity contribution in [2.45, 2.75) is 38.6 Å². The largest absolute Gasteiger partial charge is 0.478 e. The average molecular weight is 380 g/mol. The molecule has 1 atom stereocenters. The van der Waals surface area contributed by atoms with Gasteiger partial charge >= 0.3 is 5.97 Å². The van der Waals surface area contributed by atoms with Gasteiger partial charge in [0.15, 0.2) is 0 Å². The molecule has 0 aliphatic heterocycles. The van der Waals surface area contributed by atoms with Gasteiger partial charge in [-0.1, -0.05) is 24.3 Å². The second-order valence-electron chi connectivity index (χ2n) is 7.18. The Morgan fingerprint density at radius 1 is 1.04 bits per heavy atom. The molecule has 1 aliphatic rings. The van der Waals surface area contributed by atoms with Crippen LogP contribution in [0.25, 0.3) is 0 Å². The Bertz CT molecular complexity index is 855. The summed E-state index contributed by atoms with van der Waals surface area (Å²) in [7, 11) is 0. The summed E-state index contributed by atoms with van der Waals surface area (Å²) < 4.78 is 0. The summed E-state index contributed by atoms with van der Waals surface area (Å²) in [5, 5.41) is 14.8. The first-order chi connectivity index (χ1) is 13.4. The minimum Gasteiger partial charge on any atom is -0.478 e. The van der Waals surface area contributed by atoms with Crippen molar-refractivity contribution in [2.75, 3.05) is 5.32 Å². The van der Waals surface area contributed by atoms with Crippen LogP contribution in [0.2, 0.25) is 0 Å². The normalized spacial score (nSPS) is 14.2. The van der Waals surface area contributed by atoms with Gasteiger partial charge in [0.05, 0.1) is 11.6 Å². The Hall–Kier alpha value is -3.15. The number of carboxylic acids is 1. The first-order valence-corrected chi connectivity index (χ1v) is 9.45. The zero-order valence-corrected chi connectivity index (χ0v) is 15.8. The Kier molecular flexibility index (Phi) is 6.09. The van der Waals surface area contributed by atoms with Gasteiger partial charge in [0, 0.05) is 18.0 Å². The SMILES string of the molecule is CC(NC(=O)CCc1ccc(C(=O)O)cc1)c1ccc(NC(=O)C2CC2)cc1. The highest BCUT2D eigenvalue weighted by molar-refractivity contribution is 5.94. The van der Waals surface area contributed by atoms with Crippen molar-refractivity contribution in [1.82, 2.24) is 5.32 Å². The van der Waals surface area contributed by atoms with E-state index in [-0.39, 0.29) is 29.3 Å². The van der Waals surface area contributed by atoms with Crippen LogP contribution < -0.4 is 10.6 Å². The topological polar surface area (TPSA) is 95.5 Å². The van der Waals surface area contributed by atoms with Crippen LogP contribution in [0.3, 0.4) is 0 Å². The Labute approximate surface area is 164 Å². The second kappa shape index (κ2) is 8.69. The number of anilines is 1. The summed E-state index contributed by atoms with van der Waals surface area (Å²) in [6.07, 6.45) is 2.81. The number of hydrogen-bond donors (Lipinski definition) is 3. The molecule has 2 aromatic carbocycles. The summed E-state index contributed by atoms with van der Waals surface area (Å²) in [6.45, 7) is 1.91. The van der Waals surface area contributed by atoms with Gasteiger partial charge in [-0.05, 0) is 61.6 Å². The molecule has 3 rings (SSSR count). The molecular weight excluding hydrogens is 356 g/mol. The molecule has 0 radical (unpaired) electrons. The van der Waals surface area contributed by atoms with Gasteiger partial charge in [0.25, 0.3) is 0 Å². The predicted molar refractivity (Wildman–Crippen MR) is 106 cm³/mol. The van der Waals surface area contributed by atoms with Crippen molar-refractivity contribution < 1.29 is 19.5 Å². The number of aryl methyl sites for hydroxylation is 1. The third-order valence-electron chi connectivity index (χ3n) is 4.85. The lowest BCUT2D eigenvalue weighted by Crippen LogP contribution is -2.26. The van der Waals surface area contributed by atoms with E-state index >= 15 is 0 Å². The van der Waals surface area contributed by atoms with E-state index in [1.54, 1.807) is 24.3 Å². The second-order valence-corrected chi connectivity index (χ2v) is 7.18. The number of rotatable bonds is 8. The highest BCUT2D eigenvalue weighted by Gasteiger charge is 2.29. The van der Waals surface area contributed by atoms with Crippen LogP contribution in [0, 0.1) is 5.92 Å². The van der Waals surface area contributed by atoms with Gasteiger partial charge in [-0.2, -0.15) is 0 Å². The Morgan fingerprint density at radius 2 is 1.68 bits per heavy atom. The summed E-state index contributed by atoms with van der Waals surface area (Å²) in [5.41, 5.74) is 2.88. The van der Waals surface area contributed by atoms with Gasteiger partial charge in [-0.15, -0.1) is 0 Å². The number of amides is 2. The molecule has 6 nitrogen and oxygen atoms in total. The van der Waals surface area contributed by atoms with E-state index in [0.29, 0.717) is 12.8 Å². The van der Waals surface area contributed by atoms with Crippen molar-refractivity contribution in [1.29, 1.82) is 0 Å². The number of carbonyl (C=O) groups is 3. The molecule has 146 valence electrons. The Morgan fingerprint density at radius 3 is 2.25 bits per heavy atom. The van der Waals surface area contributed by atoms with Crippen molar-refractivity contribution >= 4 is 23.5 Å². The molecule has 0 heterocycles. The van der Waals surface area contributed by atoms with E-state index in [1.165, 1.54) is 0 Å². The predicted octanol–water partition coefficient (Wildman–Crippen LogP) is 3.54. The fourth-order valence-corrected chi connectivity index (χ4v) is 2.91. The highest BCUT2D eigenvalue weighted by Crippen LogP contribution is 2.30. The Balaban J connectivity index is 1.46. The van der Waals surface area contributed by atoms with Crippen LogP contribution in [0.5, 0.6) is 0 Å². The third kappa shape index (κ3) is 5.42. The molecule has 2 amide bonds. The van der Waals surface area contributed by atoms with Gasteiger partial charge in [-0.3, -0.25) is 9.59 Å². The molecule has 3 N–H and O–H groups in total. The zero-order chi connectivity index (χ0) is 20.1. The van der Waals surface area contributed by atoms with E-state index in [9.17, 15) is 14.4 Å². The number of aromatic carboxylic acids is 1. The standard InChI is InChI=1S/C22H24N2O4/c1-14(16-9-11-19(12-10-16)24-21(26)17-7-8-17)23-20(25)13-4-15-2-5-18(6-3-15)22(27)28/h2-3,5-6,9-12,14,17H,4,7-8,13H2,1H3,(H,23,25)(H,24,26)(H,27,28). The van der Waals surface area contributed by atoms with Crippen LogP contribution >= 0.6 is 0 Å². The van der Waals surface area contributed by atoms with Crippen LogP contribution in [-0.4, -0.2) is 22.9 Å². The van der Waals surface area contributed by atoms with Crippen molar-refractivity contribution in [2.24, 2.45) is 5.92 Å². The number of carbonyl (C=O) groups excluding carboxylic acids is 2. The molecule has 2 aromatic rings. The molecule has 0 spiro atoms. The molecule has 28 heavy (non-hydrogen) atoms. The number of benzene rings is 2. The zero-order valence-electron chi connectivity index (χ0n) is 15.8. The van der Waals surface area contributed by atoms with Gasteiger partial charge < -0.3 is 15.7 Å². The van der Waals surface area contributed by atoms with Crippen LogP contribution in [0.1, 0.15) is 53.7 Å². The maximum Gasteiger partial charge on any atom is 0.335 e. The van der Waals surface area contributed by atoms with E-state index in [2.05, 4.69) is 10.6 Å². The lowest BCUT2D eigenvalue weighted by molar-refractivity contribution is -0.121. The summed E-state index contributed by atoms with van der Waals surface area (Å²) >= 11 is 0. The average Bonchev–Trinajstić information content (AvgIpc) is 3.52. The first-order valence-electron chi connectivity index (χ1n) is 9.45. The lowest BCUT2D eigenvalue weighted by Gasteiger charge is -2.15. The highest BCUT2D eigenvalue weighted by atomic mass is 16.4. The minimum absolute atomic E-state index is 0.0686. The van der Waals surface area contributed by atoms with E-state index < -0.39 is 5.97 Å². The van der Waals surface area contributed by atoms with Gasteiger partial charge in [0.2, 0.25) is 11.8 Å². The van der Waals surface area contributed by atoms with Gasteiger partial charge in [-0.25, -0.2) is 4.79 Å². The van der Waals surface area contributed by atoms with E-state index in [1.807, 2.05) is 31.2 Å². The third-order valence-corrected chi connectivity index (χ3v) is 4.85. The fraction of sp³-hybridized carbons (Fsp3) is 0.318. The molecule has 1 unspecified atom stereocenters. The molecule has 1 saturated carbocycles. The molecule has 6 heteroatoms. The van der Waals surface area contributed by atoms with Crippen LogP contribution in [0.4, 0.5) is 5.69 Å². The minimum atomic E-state index is -0.962. The number of carboxylic acid groups (broad SMARTS) is 1. The van der Waals surface area contributed by atoms with Crippen LogP contribution in [0.15, 0.2) is 48.5 Å². The summed E-state index contributed by atoms with van der Waals surface area (Å²) in [5.74, 6) is -0.791. The quantitative estimate of drug-likeness (QED) is 0.653. The van der Waals surface area contributed by atoms with Crippen molar-refractivity contribution in [3.8, 4) is 0 Å². The molecule has 1 aliphatic carbocycles. The fourth-order valence-electron chi connectivity index (χ4n) is 2.91. The lowest BCUT2D eigenvalue weighted by atomic mass is 10.1. The van der Waals surface area contributed by atoms with E-state index in [0.717, 1.165) is 29.7 Å². The molecule has 0 saturated heterocycles. The maximum atomic E-state index is 12.2. The number of hydrogen-bond acceptors (Lipinski definition) is 3. The molecule has 0 bridgehead atoms. The van der Waals surface area contributed by atoms with Crippen molar-refractivity contribution in [3.63, 3.8) is 0 Å². The first kappa shape index (κ1) is 19.6. The maximum absolute atomic E-state index is 12.2. The molecule has 0 aromatic heterocycles. The van der Waals surface area contributed by atoms with Gasteiger partial charge in [0.1, 0.15) is 0 Å².